The lowest BCUT2D eigenvalue weighted by Crippen LogP contribution is -2.40. The largest absolute Gasteiger partial charge is 0.346 e. The van der Waals surface area contributed by atoms with Gasteiger partial charge in [0.2, 0.25) is 5.91 Å². The lowest BCUT2D eigenvalue weighted by Gasteiger charge is -2.21. The van der Waals surface area contributed by atoms with E-state index in [0.717, 1.165) is 10.7 Å². The number of nitrogens with two attached hydrogens (primary N) is 1. The number of carbonyl (C=O) groups excluding carboxylic acids is 1. The summed E-state index contributed by atoms with van der Waals surface area (Å²) < 4.78 is 0. The second-order valence-corrected chi connectivity index (χ2v) is 6.19. The smallest absolute Gasteiger partial charge is 0.224 e. The van der Waals surface area contributed by atoms with Gasteiger partial charge in [-0.3, -0.25) is 4.79 Å². The Bertz CT molecular complexity index is 435. The van der Waals surface area contributed by atoms with Gasteiger partial charge in [0, 0.05) is 23.0 Å². The Morgan fingerprint density at radius 1 is 1.45 bits per heavy atom. The molecule has 0 saturated heterocycles. The Hall–Kier alpha value is -0.360. The first kappa shape index (κ1) is 19.6. The van der Waals surface area contributed by atoms with Crippen molar-refractivity contribution in [2.45, 2.75) is 45.7 Å². The standard InChI is InChI=1S/C13H21N3OS.2ClH/c1-7-6-18-13(15-7)11(10-4-5-10)16-12(17)8(2)9(3)14;;/h6,8-11H,4-5,14H2,1-3H3,(H,16,17);2*1H. The van der Waals surface area contributed by atoms with Gasteiger partial charge in [-0.05, 0) is 32.6 Å². The molecule has 1 aromatic rings. The summed E-state index contributed by atoms with van der Waals surface area (Å²) in [6.45, 7) is 5.72. The minimum atomic E-state index is -0.160. The van der Waals surface area contributed by atoms with E-state index in [-0.39, 0.29) is 48.7 Å². The average Bonchev–Trinajstić information content (AvgIpc) is 3.07. The van der Waals surface area contributed by atoms with Crippen LogP contribution in [-0.4, -0.2) is 16.9 Å². The Balaban J connectivity index is 0.00000180. The fourth-order valence-corrected chi connectivity index (χ4v) is 2.79. The third-order valence-corrected chi connectivity index (χ3v) is 4.54. The lowest BCUT2D eigenvalue weighted by atomic mass is 10.0. The summed E-state index contributed by atoms with van der Waals surface area (Å²) >= 11 is 1.63. The molecule has 3 unspecified atom stereocenters. The third-order valence-electron chi connectivity index (χ3n) is 3.50. The van der Waals surface area contributed by atoms with Crippen LogP contribution in [0.2, 0.25) is 0 Å². The zero-order valence-electron chi connectivity index (χ0n) is 12.0. The van der Waals surface area contributed by atoms with Crippen molar-refractivity contribution < 1.29 is 4.79 Å². The summed E-state index contributed by atoms with van der Waals surface area (Å²) in [6, 6.07) is -0.0414. The number of hydrogen-bond donors (Lipinski definition) is 2. The predicted molar refractivity (Wildman–Crippen MR) is 87.8 cm³/mol. The van der Waals surface area contributed by atoms with Crippen molar-refractivity contribution in [2.24, 2.45) is 17.6 Å². The minimum absolute atomic E-state index is 0. The van der Waals surface area contributed by atoms with E-state index >= 15 is 0 Å². The lowest BCUT2D eigenvalue weighted by molar-refractivity contribution is -0.125. The van der Waals surface area contributed by atoms with E-state index in [2.05, 4.69) is 10.3 Å². The molecule has 1 aromatic heterocycles. The Morgan fingerprint density at radius 3 is 2.45 bits per heavy atom. The Kier molecular flexibility index (Phi) is 8.03. The van der Waals surface area contributed by atoms with Crippen LogP contribution in [0.15, 0.2) is 5.38 Å². The van der Waals surface area contributed by atoms with Crippen molar-refractivity contribution in [3.8, 4) is 0 Å². The Labute approximate surface area is 136 Å². The zero-order chi connectivity index (χ0) is 13.3. The molecule has 1 heterocycles. The normalized spacial score (nSPS) is 18.2. The number of rotatable bonds is 5. The third kappa shape index (κ3) is 4.88. The van der Waals surface area contributed by atoms with E-state index in [1.165, 1.54) is 12.8 Å². The SMILES string of the molecule is Cc1csc(C(NC(=O)C(C)C(C)N)C2CC2)n1.Cl.Cl. The minimum Gasteiger partial charge on any atom is -0.346 e. The molecule has 0 radical (unpaired) electrons. The first-order valence-corrected chi connectivity index (χ1v) is 7.35. The number of nitrogens with zero attached hydrogens (tertiary/aromatic N) is 1. The van der Waals surface area contributed by atoms with E-state index in [1.54, 1.807) is 11.3 Å². The number of aryl methyl sites for hydroxylation is 1. The van der Waals surface area contributed by atoms with Gasteiger partial charge in [-0.1, -0.05) is 6.92 Å². The van der Waals surface area contributed by atoms with Gasteiger partial charge in [0.1, 0.15) is 5.01 Å². The molecule has 0 aromatic carbocycles. The average molecular weight is 340 g/mol. The van der Waals surface area contributed by atoms with Crippen LogP contribution in [0.25, 0.3) is 0 Å². The van der Waals surface area contributed by atoms with E-state index < -0.39 is 0 Å². The Morgan fingerprint density at radius 2 is 2.05 bits per heavy atom. The quantitative estimate of drug-likeness (QED) is 0.866. The molecule has 116 valence electrons. The molecule has 0 spiro atoms. The summed E-state index contributed by atoms with van der Waals surface area (Å²) in [7, 11) is 0. The number of nitrogens with one attached hydrogen (secondary N) is 1. The second-order valence-electron chi connectivity index (χ2n) is 5.30. The highest BCUT2D eigenvalue weighted by atomic mass is 35.5. The van der Waals surface area contributed by atoms with Gasteiger partial charge in [0.15, 0.2) is 0 Å². The van der Waals surface area contributed by atoms with E-state index in [9.17, 15) is 4.79 Å². The molecule has 7 heteroatoms. The van der Waals surface area contributed by atoms with Gasteiger partial charge < -0.3 is 11.1 Å². The monoisotopic (exact) mass is 339 g/mol. The molecule has 3 N–H and O–H groups in total. The summed E-state index contributed by atoms with van der Waals surface area (Å²) in [5.41, 5.74) is 6.80. The van der Waals surface area contributed by atoms with Gasteiger partial charge >= 0.3 is 0 Å². The summed E-state index contributed by atoms with van der Waals surface area (Å²) in [6.07, 6.45) is 2.35. The van der Waals surface area contributed by atoms with Crippen molar-refractivity contribution in [1.82, 2.24) is 10.3 Å². The number of hydrogen-bond acceptors (Lipinski definition) is 4. The van der Waals surface area contributed by atoms with Crippen LogP contribution in [-0.2, 0) is 4.79 Å². The molecule has 1 aliphatic rings. The van der Waals surface area contributed by atoms with Crippen LogP contribution in [0.3, 0.4) is 0 Å². The van der Waals surface area contributed by atoms with E-state index in [1.807, 2.05) is 26.2 Å². The maximum absolute atomic E-state index is 12.1. The van der Waals surface area contributed by atoms with Gasteiger partial charge in [-0.15, -0.1) is 36.2 Å². The van der Waals surface area contributed by atoms with Crippen LogP contribution < -0.4 is 11.1 Å². The highest BCUT2D eigenvalue weighted by Gasteiger charge is 2.36. The zero-order valence-corrected chi connectivity index (χ0v) is 14.4. The topological polar surface area (TPSA) is 68.0 Å². The van der Waals surface area contributed by atoms with Crippen molar-refractivity contribution in [3.63, 3.8) is 0 Å². The summed E-state index contributed by atoms with van der Waals surface area (Å²) in [4.78, 5) is 16.6. The molecule has 3 atom stereocenters. The maximum atomic E-state index is 12.1. The van der Waals surface area contributed by atoms with E-state index in [0.29, 0.717) is 5.92 Å². The summed E-state index contributed by atoms with van der Waals surface area (Å²) in [5.74, 6) is 0.432. The van der Waals surface area contributed by atoms with Crippen LogP contribution >= 0.6 is 36.2 Å². The number of carbonyl (C=O) groups is 1. The van der Waals surface area contributed by atoms with Gasteiger partial charge in [0.25, 0.3) is 0 Å². The first-order valence-electron chi connectivity index (χ1n) is 6.47. The van der Waals surface area contributed by atoms with Crippen LogP contribution in [0, 0.1) is 18.8 Å². The van der Waals surface area contributed by atoms with Crippen molar-refractivity contribution in [3.05, 3.63) is 16.1 Å². The van der Waals surface area contributed by atoms with Crippen molar-refractivity contribution in [2.75, 3.05) is 0 Å². The van der Waals surface area contributed by atoms with Crippen LogP contribution in [0.1, 0.15) is 43.4 Å². The predicted octanol–water partition coefficient (Wildman–Crippen LogP) is 2.85. The van der Waals surface area contributed by atoms with Crippen molar-refractivity contribution in [1.29, 1.82) is 0 Å². The van der Waals surface area contributed by atoms with E-state index in [4.69, 9.17) is 5.73 Å². The summed E-state index contributed by atoms with van der Waals surface area (Å²) in [5, 5.41) is 6.18. The highest BCUT2D eigenvalue weighted by Crippen LogP contribution is 2.41. The molecular weight excluding hydrogens is 317 g/mol. The molecule has 1 fully saturated rings. The number of amides is 1. The molecule has 2 rings (SSSR count). The van der Waals surface area contributed by atoms with Crippen molar-refractivity contribution >= 4 is 42.1 Å². The molecule has 4 nitrogen and oxygen atoms in total. The second kappa shape index (κ2) is 8.17. The molecule has 0 bridgehead atoms. The van der Waals surface area contributed by atoms with Crippen LogP contribution in [0.4, 0.5) is 0 Å². The molecule has 20 heavy (non-hydrogen) atoms. The maximum Gasteiger partial charge on any atom is 0.224 e. The van der Waals surface area contributed by atoms with Gasteiger partial charge in [0.05, 0.1) is 6.04 Å². The fraction of sp³-hybridized carbons (Fsp3) is 0.692. The molecule has 1 amide bonds. The number of aromatic nitrogens is 1. The molecule has 1 aliphatic carbocycles. The number of halogens is 2. The first-order chi connectivity index (χ1) is 8.49. The van der Waals surface area contributed by atoms with Gasteiger partial charge in [-0.2, -0.15) is 0 Å². The van der Waals surface area contributed by atoms with Gasteiger partial charge in [-0.25, -0.2) is 4.98 Å². The molecular formula is C13H23Cl2N3OS. The van der Waals surface area contributed by atoms with Crippen LogP contribution in [0.5, 0.6) is 0 Å². The molecule has 1 saturated carbocycles. The number of thiazole rings is 1. The molecule has 0 aliphatic heterocycles. The fourth-order valence-electron chi connectivity index (χ4n) is 1.85. The highest BCUT2D eigenvalue weighted by molar-refractivity contribution is 7.09.